The van der Waals surface area contributed by atoms with Crippen LogP contribution in [0.2, 0.25) is 5.02 Å². The maximum absolute atomic E-state index is 5.89. The third-order valence-electron chi connectivity index (χ3n) is 2.62. The highest BCUT2D eigenvalue weighted by Gasteiger charge is 2.16. The molecule has 0 atom stereocenters. The molecule has 1 aliphatic rings. The van der Waals surface area contributed by atoms with Crippen LogP contribution >= 0.6 is 11.6 Å². The average Bonchev–Trinajstić information content (AvgIpc) is 2.73. The Bertz CT molecular complexity index is 506. The van der Waals surface area contributed by atoms with Crippen molar-refractivity contribution in [2.75, 3.05) is 31.2 Å². The average molecular weight is 239 g/mol. The first-order valence-corrected chi connectivity index (χ1v) is 5.59. The molecule has 0 bridgehead atoms. The Balaban J connectivity index is 1.97. The lowest BCUT2D eigenvalue weighted by molar-refractivity contribution is 0.120. The van der Waals surface area contributed by atoms with Crippen molar-refractivity contribution < 1.29 is 9.15 Å². The molecule has 84 valence electrons. The largest absolute Gasteiger partial charge is 0.423 e. The van der Waals surface area contributed by atoms with E-state index in [0.717, 1.165) is 37.4 Å². The van der Waals surface area contributed by atoms with E-state index in [1.807, 2.05) is 12.1 Å². The second kappa shape index (κ2) is 3.96. The van der Waals surface area contributed by atoms with Gasteiger partial charge in [0, 0.05) is 24.2 Å². The van der Waals surface area contributed by atoms with E-state index >= 15 is 0 Å². The molecule has 0 unspecified atom stereocenters. The molecular weight excluding hydrogens is 228 g/mol. The van der Waals surface area contributed by atoms with Crippen LogP contribution < -0.4 is 4.90 Å². The van der Waals surface area contributed by atoms with Gasteiger partial charge in [0.05, 0.1) is 13.2 Å². The van der Waals surface area contributed by atoms with Gasteiger partial charge in [-0.3, -0.25) is 0 Å². The van der Waals surface area contributed by atoms with Crippen molar-refractivity contribution in [3.8, 4) is 0 Å². The van der Waals surface area contributed by atoms with Crippen molar-refractivity contribution in [1.29, 1.82) is 0 Å². The Morgan fingerprint density at radius 1 is 1.25 bits per heavy atom. The van der Waals surface area contributed by atoms with Gasteiger partial charge in [-0.15, -0.1) is 0 Å². The number of morpholine rings is 1. The van der Waals surface area contributed by atoms with Gasteiger partial charge in [-0.2, -0.15) is 4.98 Å². The number of anilines is 1. The van der Waals surface area contributed by atoms with Crippen LogP contribution in [-0.4, -0.2) is 31.3 Å². The van der Waals surface area contributed by atoms with Crippen molar-refractivity contribution in [2.24, 2.45) is 0 Å². The predicted octanol–water partition coefficient (Wildman–Crippen LogP) is 2.32. The van der Waals surface area contributed by atoms with Crippen molar-refractivity contribution in [1.82, 2.24) is 4.98 Å². The molecule has 0 spiro atoms. The zero-order chi connectivity index (χ0) is 11.0. The van der Waals surface area contributed by atoms with E-state index in [9.17, 15) is 0 Å². The SMILES string of the molecule is Clc1ccc2nc(N3CCOCC3)oc2c1. The normalized spacial score (nSPS) is 16.9. The zero-order valence-corrected chi connectivity index (χ0v) is 9.41. The first-order valence-electron chi connectivity index (χ1n) is 5.22. The van der Waals surface area contributed by atoms with Crippen molar-refractivity contribution in [3.63, 3.8) is 0 Å². The second-order valence-corrected chi connectivity index (χ2v) is 4.14. The molecule has 0 aliphatic carbocycles. The van der Waals surface area contributed by atoms with Gasteiger partial charge in [0.25, 0.3) is 6.01 Å². The van der Waals surface area contributed by atoms with Crippen molar-refractivity contribution >= 4 is 28.7 Å². The van der Waals surface area contributed by atoms with Gasteiger partial charge < -0.3 is 14.1 Å². The van der Waals surface area contributed by atoms with Crippen LogP contribution in [0.3, 0.4) is 0 Å². The van der Waals surface area contributed by atoms with Crippen LogP contribution in [0.1, 0.15) is 0 Å². The van der Waals surface area contributed by atoms with Gasteiger partial charge in [-0.05, 0) is 12.1 Å². The minimum absolute atomic E-state index is 0.653. The Morgan fingerprint density at radius 2 is 2.06 bits per heavy atom. The number of hydrogen-bond acceptors (Lipinski definition) is 4. The molecule has 0 saturated carbocycles. The van der Waals surface area contributed by atoms with Gasteiger partial charge in [0.1, 0.15) is 5.52 Å². The highest BCUT2D eigenvalue weighted by Crippen LogP contribution is 2.24. The predicted molar refractivity (Wildman–Crippen MR) is 62.1 cm³/mol. The summed E-state index contributed by atoms with van der Waals surface area (Å²) in [5.74, 6) is 0. The minimum Gasteiger partial charge on any atom is -0.423 e. The number of nitrogens with zero attached hydrogens (tertiary/aromatic N) is 2. The van der Waals surface area contributed by atoms with Crippen molar-refractivity contribution in [3.05, 3.63) is 23.2 Å². The molecule has 16 heavy (non-hydrogen) atoms. The number of benzene rings is 1. The molecule has 1 fully saturated rings. The summed E-state index contributed by atoms with van der Waals surface area (Å²) in [5, 5.41) is 0.664. The lowest BCUT2D eigenvalue weighted by atomic mass is 10.3. The van der Waals surface area contributed by atoms with Crippen LogP contribution in [0.5, 0.6) is 0 Å². The van der Waals surface area contributed by atoms with E-state index in [1.165, 1.54) is 0 Å². The minimum atomic E-state index is 0.653. The maximum Gasteiger partial charge on any atom is 0.298 e. The van der Waals surface area contributed by atoms with E-state index < -0.39 is 0 Å². The summed E-state index contributed by atoms with van der Waals surface area (Å²) in [5.41, 5.74) is 1.57. The molecular formula is C11H11ClN2O2. The summed E-state index contributed by atoms with van der Waals surface area (Å²) in [6.45, 7) is 3.08. The van der Waals surface area contributed by atoms with Crippen molar-refractivity contribution in [2.45, 2.75) is 0 Å². The van der Waals surface area contributed by atoms with Crippen LogP contribution in [0.25, 0.3) is 11.1 Å². The summed E-state index contributed by atoms with van der Waals surface area (Å²) in [4.78, 5) is 6.50. The summed E-state index contributed by atoms with van der Waals surface area (Å²) >= 11 is 5.89. The molecule has 2 heterocycles. The third kappa shape index (κ3) is 1.74. The van der Waals surface area contributed by atoms with E-state index in [-0.39, 0.29) is 0 Å². The summed E-state index contributed by atoms with van der Waals surface area (Å²) < 4.78 is 10.9. The molecule has 1 aromatic heterocycles. The number of hydrogen-bond donors (Lipinski definition) is 0. The summed E-state index contributed by atoms with van der Waals surface area (Å²) in [7, 11) is 0. The van der Waals surface area contributed by atoms with Gasteiger partial charge in [-0.1, -0.05) is 11.6 Å². The number of oxazole rings is 1. The van der Waals surface area contributed by atoms with Gasteiger partial charge >= 0.3 is 0 Å². The first-order chi connectivity index (χ1) is 7.83. The Labute approximate surface area is 97.8 Å². The van der Waals surface area contributed by atoms with Crippen LogP contribution in [-0.2, 0) is 4.74 Å². The van der Waals surface area contributed by atoms with E-state index in [0.29, 0.717) is 11.0 Å². The number of halogens is 1. The smallest absolute Gasteiger partial charge is 0.298 e. The standard InChI is InChI=1S/C11H11ClN2O2/c12-8-1-2-9-10(7-8)16-11(13-9)14-3-5-15-6-4-14/h1-2,7H,3-6H2. The van der Waals surface area contributed by atoms with Crippen LogP contribution in [0.15, 0.2) is 22.6 Å². The fourth-order valence-corrected chi connectivity index (χ4v) is 1.94. The topological polar surface area (TPSA) is 38.5 Å². The molecule has 1 aliphatic heterocycles. The van der Waals surface area contributed by atoms with Gasteiger partial charge in [0.2, 0.25) is 0 Å². The first kappa shape index (κ1) is 9.93. The number of ether oxygens (including phenoxy) is 1. The van der Waals surface area contributed by atoms with Gasteiger partial charge in [-0.25, -0.2) is 0 Å². The molecule has 1 aromatic carbocycles. The maximum atomic E-state index is 5.89. The molecule has 3 rings (SSSR count). The highest BCUT2D eigenvalue weighted by molar-refractivity contribution is 6.31. The highest BCUT2D eigenvalue weighted by atomic mass is 35.5. The Kier molecular flexibility index (Phi) is 2.46. The lowest BCUT2D eigenvalue weighted by Crippen LogP contribution is -2.36. The lowest BCUT2D eigenvalue weighted by Gasteiger charge is -2.24. The van der Waals surface area contributed by atoms with Crippen LogP contribution in [0.4, 0.5) is 6.01 Å². The summed E-state index contributed by atoms with van der Waals surface area (Å²) in [6, 6.07) is 6.12. The fourth-order valence-electron chi connectivity index (χ4n) is 1.78. The monoisotopic (exact) mass is 238 g/mol. The van der Waals surface area contributed by atoms with Gasteiger partial charge in [0.15, 0.2) is 5.58 Å². The molecule has 2 aromatic rings. The number of rotatable bonds is 1. The Morgan fingerprint density at radius 3 is 2.88 bits per heavy atom. The quantitative estimate of drug-likeness (QED) is 0.764. The zero-order valence-electron chi connectivity index (χ0n) is 8.65. The number of aromatic nitrogens is 1. The van der Waals surface area contributed by atoms with E-state index in [1.54, 1.807) is 6.07 Å². The Hall–Kier alpha value is -1.26. The molecule has 0 radical (unpaired) electrons. The summed E-state index contributed by atoms with van der Waals surface area (Å²) in [6.07, 6.45) is 0. The molecule has 1 saturated heterocycles. The van der Waals surface area contributed by atoms with Crippen LogP contribution in [0, 0.1) is 0 Å². The fraction of sp³-hybridized carbons (Fsp3) is 0.364. The van der Waals surface area contributed by atoms with E-state index in [2.05, 4.69) is 9.88 Å². The molecule has 0 N–H and O–H groups in total. The molecule has 5 heteroatoms. The molecule has 4 nitrogen and oxygen atoms in total. The second-order valence-electron chi connectivity index (χ2n) is 3.71. The number of fused-ring (bicyclic) bond motifs is 1. The molecule has 0 amide bonds. The third-order valence-corrected chi connectivity index (χ3v) is 2.86. The van der Waals surface area contributed by atoms with E-state index in [4.69, 9.17) is 20.8 Å².